The summed E-state index contributed by atoms with van der Waals surface area (Å²) in [5.41, 5.74) is 1.04. The highest BCUT2D eigenvalue weighted by Crippen LogP contribution is 2.20. The van der Waals surface area contributed by atoms with Gasteiger partial charge in [-0.2, -0.15) is 0 Å². The van der Waals surface area contributed by atoms with E-state index < -0.39 is 0 Å². The molecule has 7 nitrogen and oxygen atoms in total. The van der Waals surface area contributed by atoms with Gasteiger partial charge in [-0.15, -0.1) is 11.3 Å². The van der Waals surface area contributed by atoms with Crippen LogP contribution < -0.4 is 5.32 Å². The van der Waals surface area contributed by atoms with Crippen LogP contribution in [0.1, 0.15) is 49.3 Å². The topological polar surface area (TPSA) is 67.6 Å². The van der Waals surface area contributed by atoms with Gasteiger partial charge < -0.3 is 19.5 Å². The van der Waals surface area contributed by atoms with Crippen LogP contribution >= 0.6 is 11.3 Å². The fraction of sp³-hybridized carbons (Fsp3) is 0.632. The molecular weight excluding hydrogens is 360 g/mol. The molecule has 1 atom stereocenters. The van der Waals surface area contributed by atoms with E-state index >= 15 is 0 Å². The molecule has 0 amide bonds. The first-order chi connectivity index (χ1) is 13.0. The summed E-state index contributed by atoms with van der Waals surface area (Å²) in [6.07, 6.45) is 6.06. The zero-order valence-corrected chi connectivity index (χ0v) is 17.9. The van der Waals surface area contributed by atoms with Crippen molar-refractivity contribution >= 4 is 17.3 Å². The van der Waals surface area contributed by atoms with E-state index in [1.165, 1.54) is 0 Å². The molecule has 0 spiro atoms. The zero-order valence-electron chi connectivity index (χ0n) is 17.1. The van der Waals surface area contributed by atoms with Gasteiger partial charge in [0.05, 0.1) is 12.2 Å². The van der Waals surface area contributed by atoms with E-state index in [1.807, 2.05) is 26.2 Å². The second-order valence-electron chi connectivity index (χ2n) is 6.52. The number of hydrogen-bond acceptors (Lipinski definition) is 5. The highest BCUT2D eigenvalue weighted by Gasteiger charge is 2.12. The predicted octanol–water partition coefficient (Wildman–Crippen LogP) is 3.23. The molecule has 0 saturated heterocycles. The van der Waals surface area contributed by atoms with Crippen molar-refractivity contribution in [3.05, 3.63) is 34.3 Å². The second-order valence-corrected chi connectivity index (χ2v) is 7.41. The maximum atomic E-state index is 5.34. The highest BCUT2D eigenvalue weighted by molar-refractivity contribution is 7.09. The molecule has 150 valence electrons. The summed E-state index contributed by atoms with van der Waals surface area (Å²) in [7, 11) is 3.76. The van der Waals surface area contributed by atoms with Crippen LogP contribution in [0.15, 0.2) is 22.8 Å². The van der Waals surface area contributed by atoms with E-state index in [0.717, 1.165) is 61.5 Å². The minimum absolute atomic E-state index is 0.0371. The summed E-state index contributed by atoms with van der Waals surface area (Å²) in [6, 6.07) is 0. The molecule has 0 aliphatic rings. The number of aryl methyl sites for hydroxylation is 2. The van der Waals surface area contributed by atoms with E-state index in [0.29, 0.717) is 0 Å². The van der Waals surface area contributed by atoms with E-state index in [-0.39, 0.29) is 6.10 Å². The number of aromatic nitrogens is 3. The van der Waals surface area contributed by atoms with Crippen LogP contribution in [0, 0.1) is 6.92 Å². The van der Waals surface area contributed by atoms with Crippen molar-refractivity contribution in [1.82, 2.24) is 24.8 Å². The molecule has 0 aliphatic carbocycles. The Hall–Kier alpha value is -1.93. The first-order valence-electron chi connectivity index (χ1n) is 9.49. The number of unbranched alkanes of at least 4 members (excludes halogenated alkanes) is 1. The fourth-order valence-corrected chi connectivity index (χ4v) is 3.53. The van der Waals surface area contributed by atoms with Crippen molar-refractivity contribution in [3.63, 3.8) is 0 Å². The molecule has 2 aromatic heterocycles. The van der Waals surface area contributed by atoms with Gasteiger partial charge in [-0.25, -0.2) is 9.97 Å². The highest BCUT2D eigenvalue weighted by atomic mass is 32.1. The number of rotatable bonds is 10. The van der Waals surface area contributed by atoms with Crippen molar-refractivity contribution in [3.8, 4) is 0 Å². The summed E-state index contributed by atoms with van der Waals surface area (Å²) in [4.78, 5) is 15.8. The lowest BCUT2D eigenvalue weighted by Crippen LogP contribution is -2.38. The first-order valence-corrected chi connectivity index (χ1v) is 10.4. The third-order valence-corrected chi connectivity index (χ3v) is 5.41. The third kappa shape index (κ3) is 6.62. The average Bonchev–Trinajstić information content (AvgIpc) is 3.29. The Morgan fingerprint density at radius 1 is 1.44 bits per heavy atom. The van der Waals surface area contributed by atoms with Crippen LogP contribution in [-0.2, 0) is 17.8 Å². The average molecular weight is 393 g/mol. The van der Waals surface area contributed by atoms with Gasteiger partial charge in [-0.3, -0.25) is 4.99 Å². The fourth-order valence-electron chi connectivity index (χ4n) is 2.69. The number of imidazole rings is 1. The smallest absolute Gasteiger partial charge is 0.194 e. The Bertz CT molecular complexity index is 711. The van der Waals surface area contributed by atoms with Gasteiger partial charge in [0.25, 0.3) is 0 Å². The van der Waals surface area contributed by atoms with Gasteiger partial charge in [0.1, 0.15) is 16.9 Å². The molecule has 0 fully saturated rings. The van der Waals surface area contributed by atoms with Crippen LogP contribution in [0.4, 0.5) is 0 Å². The first kappa shape index (κ1) is 21.4. The SMILES string of the molecule is CCNC(=NCCCCn1ccnc1C)N(C)Cc1csc(C(C)OC)n1. The largest absolute Gasteiger partial charge is 0.375 e. The summed E-state index contributed by atoms with van der Waals surface area (Å²) in [6.45, 7) is 9.52. The molecule has 0 bridgehead atoms. The Balaban J connectivity index is 1.83. The van der Waals surface area contributed by atoms with Crippen LogP contribution in [0.5, 0.6) is 0 Å². The molecular formula is C19H32N6OS. The van der Waals surface area contributed by atoms with Crippen LogP contribution in [0.25, 0.3) is 0 Å². The van der Waals surface area contributed by atoms with Crippen molar-refractivity contribution in [2.45, 2.75) is 52.8 Å². The number of ether oxygens (including phenoxy) is 1. The number of methoxy groups -OCH3 is 1. The number of thiazole rings is 1. The lowest BCUT2D eigenvalue weighted by atomic mass is 10.3. The number of nitrogens with zero attached hydrogens (tertiary/aromatic N) is 5. The van der Waals surface area contributed by atoms with E-state index in [4.69, 9.17) is 9.73 Å². The van der Waals surface area contributed by atoms with E-state index in [1.54, 1.807) is 18.4 Å². The third-order valence-electron chi connectivity index (χ3n) is 4.36. The number of hydrogen-bond donors (Lipinski definition) is 1. The Labute approximate surface area is 166 Å². The molecule has 0 aliphatic heterocycles. The van der Waals surface area contributed by atoms with Gasteiger partial charge in [0.15, 0.2) is 5.96 Å². The van der Waals surface area contributed by atoms with Gasteiger partial charge in [-0.1, -0.05) is 0 Å². The molecule has 2 aromatic rings. The normalized spacial score (nSPS) is 13.0. The van der Waals surface area contributed by atoms with Crippen molar-refractivity contribution < 1.29 is 4.74 Å². The molecule has 27 heavy (non-hydrogen) atoms. The lowest BCUT2D eigenvalue weighted by Gasteiger charge is -2.21. The predicted molar refractivity (Wildman–Crippen MR) is 111 cm³/mol. The quantitative estimate of drug-likeness (QED) is 0.382. The number of guanidine groups is 1. The van der Waals surface area contributed by atoms with Gasteiger partial charge in [0.2, 0.25) is 0 Å². The molecule has 2 rings (SSSR count). The van der Waals surface area contributed by atoms with Gasteiger partial charge >= 0.3 is 0 Å². The standard InChI is InChI=1S/C19H32N6OS/c1-6-20-19(22-9-7-8-11-25-12-10-21-16(25)3)24(4)13-17-14-27-18(23-17)15(2)26-5/h10,12,14-15H,6-9,11,13H2,1-5H3,(H,20,22). The minimum Gasteiger partial charge on any atom is -0.375 e. The summed E-state index contributed by atoms with van der Waals surface area (Å²) in [5.74, 6) is 1.99. The Morgan fingerprint density at radius 3 is 2.93 bits per heavy atom. The maximum Gasteiger partial charge on any atom is 0.194 e. The van der Waals surface area contributed by atoms with Crippen LogP contribution in [-0.4, -0.2) is 52.6 Å². The summed E-state index contributed by atoms with van der Waals surface area (Å²) >= 11 is 1.64. The number of nitrogens with one attached hydrogen (secondary N) is 1. The molecule has 0 aromatic carbocycles. The molecule has 8 heteroatoms. The van der Waals surface area contributed by atoms with Gasteiger partial charge in [-0.05, 0) is 33.6 Å². The molecule has 1 N–H and O–H groups in total. The Morgan fingerprint density at radius 2 is 2.26 bits per heavy atom. The second kappa shape index (κ2) is 11.0. The van der Waals surface area contributed by atoms with Crippen molar-refractivity contribution in [1.29, 1.82) is 0 Å². The van der Waals surface area contributed by atoms with Gasteiger partial charge in [0, 0.05) is 51.6 Å². The minimum atomic E-state index is 0.0371. The number of aliphatic imine (C=N–C) groups is 1. The molecule has 2 heterocycles. The molecule has 0 saturated carbocycles. The summed E-state index contributed by atoms with van der Waals surface area (Å²) in [5, 5.41) is 6.48. The molecule has 0 radical (unpaired) electrons. The summed E-state index contributed by atoms with van der Waals surface area (Å²) < 4.78 is 7.53. The van der Waals surface area contributed by atoms with Crippen molar-refractivity contribution in [2.75, 3.05) is 27.2 Å². The van der Waals surface area contributed by atoms with Crippen molar-refractivity contribution in [2.24, 2.45) is 4.99 Å². The van der Waals surface area contributed by atoms with E-state index in [2.05, 4.69) is 44.1 Å². The van der Waals surface area contributed by atoms with Crippen LogP contribution in [0.2, 0.25) is 0 Å². The van der Waals surface area contributed by atoms with E-state index in [9.17, 15) is 0 Å². The lowest BCUT2D eigenvalue weighted by molar-refractivity contribution is 0.119. The zero-order chi connectivity index (χ0) is 19.6. The molecule has 1 unspecified atom stereocenters. The maximum absolute atomic E-state index is 5.34. The monoisotopic (exact) mass is 392 g/mol. The van der Waals surface area contributed by atoms with Crippen LogP contribution in [0.3, 0.4) is 0 Å². The Kier molecular flexibility index (Phi) is 8.74.